The minimum Gasteiger partial charge on any atom is -0.393 e. The van der Waals surface area contributed by atoms with E-state index in [-0.39, 0.29) is 59.2 Å². The van der Waals surface area contributed by atoms with E-state index in [1.165, 1.54) is 46.7 Å². The number of nitriles is 2. The van der Waals surface area contributed by atoms with E-state index in [0.29, 0.717) is 40.2 Å². The summed E-state index contributed by atoms with van der Waals surface area (Å²) in [6, 6.07) is 21.5. The third-order valence-corrected chi connectivity index (χ3v) is 16.2. The van der Waals surface area contributed by atoms with E-state index in [1.54, 1.807) is 76.2 Å². The molecule has 21 nitrogen and oxygen atoms in total. The zero-order chi connectivity index (χ0) is 53.6. The largest absolute Gasteiger partial charge is 0.587 e. The Hall–Kier alpha value is -5.65. The predicted octanol–water partition coefficient (Wildman–Crippen LogP) is 8.96. The van der Waals surface area contributed by atoms with Crippen LogP contribution in [-0.4, -0.2) is 97.2 Å². The lowest BCUT2D eigenvalue weighted by Crippen LogP contribution is -2.40. The number of phosphoric acid groups is 1. The number of nitrogens with two attached hydrogens (primary N) is 2. The van der Waals surface area contributed by atoms with Crippen molar-refractivity contribution < 1.29 is 51.3 Å². The number of ether oxygens (including phenoxy) is 7. The highest BCUT2D eigenvalue weighted by molar-refractivity contribution is 7.49. The molecule has 8 atom stereocenters. The molecular weight excluding hydrogens is 1040 g/mol. The lowest BCUT2D eigenvalue weighted by molar-refractivity contribution is -0.201. The van der Waals surface area contributed by atoms with Gasteiger partial charge in [-0.1, -0.05) is 86.5 Å². The number of benzene rings is 2. The van der Waals surface area contributed by atoms with Gasteiger partial charge >= 0.3 is 7.82 Å². The highest BCUT2D eigenvalue weighted by atomic mass is 35.5. The zero-order valence-corrected chi connectivity index (χ0v) is 45.0. The molecule has 0 spiro atoms. The Balaban J connectivity index is 0.910. The van der Waals surface area contributed by atoms with Crippen molar-refractivity contribution in [1.29, 1.82) is 10.5 Å². The molecule has 0 bridgehead atoms. The minimum atomic E-state index is -4.68. The first-order chi connectivity index (χ1) is 36.4. The summed E-state index contributed by atoms with van der Waals surface area (Å²) >= 11 is 14.4. The van der Waals surface area contributed by atoms with Gasteiger partial charge in [0, 0.05) is 19.4 Å². The quantitative estimate of drug-likeness (QED) is 0.0502. The van der Waals surface area contributed by atoms with Gasteiger partial charge < -0.3 is 53.7 Å². The Labute approximate surface area is 449 Å². The molecule has 76 heavy (non-hydrogen) atoms. The number of halogens is 2. The number of phosphoric ester groups is 1. The van der Waals surface area contributed by atoms with E-state index in [9.17, 15) is 10.5 Å². The predicted molar refractivity (Wildman–Crippen MR) is 276 cm³/mol. The molecule has 6 aromatic rings. The molecular formula is C52H59Cl2N10O11P. The van der Waals surface area contributed by atoms with Gasteiger partial charge in [-0.2, -0.15) is 20.7 Å². The lowest BCUT2D eigenvalue weighted by Gasteiger charge is -2.29. The van der Waals surface area contributed by atoms with E-state index in [1.807, 2.05) is 0 Å². The van der Waals surface area contributed by atoms with Crippen molar-refractivity contribution in [3.8, 4) is 23.6 Å². The number of rotatable bonds is 21. The van der Waals surface area contributed by atoms with E-state index < -0.39 is 67.2 Å². The first-order valence-corrected chi connectivity index (χ1v) is 27.5. The summed E-state index contributed by atoms with van der Waals surface area (Å²) < 4.78 is 81.5. The second kappa shape index (κ2) is 21.3. The maximum atomic E-state index is 15.1. The number of hydrogen-bond donors (Lipinski definition) is 2. The van der Waals surface area contributed by atoms with Gasteiger partial charge in [0.2, 0.25) is 11.2 Å². The van der Waals surface area contributed by atoms with Crippen LogP contribution >= 0.6 is 31.0 Å². The minimum absolute atomic E-state index is 0.0401. The Morgan fingerprint density at radius 1 is 0.645 bits per heavy atom. The van der Waals surface area contributed by atoms with Crippen molar-refractivity contribution >= 4 is 53.7 Å². The van der Waals surface area contributed by atoms with Gasteiger partial charge in [-0.3, -0.25) is 4.52 Å². The summed E-state index contributed by atoms with van der Waals surface area (Å²) in [5.41, 5.74) is 11.7. The average Bonchev–Trinajstić information content (AvgIpc) is 4.35. The molecule has 4 saturated heterocycles. The van der Waals surface area contributed by atoms with E-state index in [2.05, 4.69) is 39.2 Å². The molecule has 0 amide bonds. The Morgan fingerprint density at radius 2 is 1.12 bits per heavy atom. The molecule has 0 unspecified atom stereocenters. The van der Waals surface area contributed by atoms with Gasteiger partial charge in [0.25, 0.3) is 0 Å². The summed E-state index contributed by atoms with van der Waals surface area (Å²) in [6.45, 7) is 9.62. The summed E-state index contributed by atoms with van der Waals surface area (Å²) in [7, 11) is -4.68. The van der Waals surface area contributed by atoms with Crippen molar-refractivity contribution in [1.82, 2.24) is 29.2 Å². The van der Waals surface area contributed by atoms with Gasteiger partial charge in [0.05, 0.1) is 46.9 Å². The highest BCUT2D eigenvalue weighted by Crippen LogP contribution is 2.55. The summed E-state index contributed by atoms with van der Waals surface area (Å²) in [6.07, 6.45) is 4.44. The zero-order valence-electron chi connectivity index (χ0n) is 42.6. The SMILES string of the molecule is CCCCCCCCOCCOP(=O)(Oc1cccc(C[C@H]2O[C@@](C#N)(c3ccc4c(N)ncnn34)[C@@H]3OC(C)(C)O[C@@H]32)c1Cl)Oc1cccc(C[C@H]2O[C@@](C#N)(c3ccc4c(N)ncnn34)[C@@H]3OC(C)(C)O[C@@H]32)c1Cl. The third-order valence-electron chi connectivity index (χ3n) is 14.0. The Kier molecular flexibility index (Phi) is 15.1. The van der Waals surface area contributed by atoms with Crippen LogP contribution in [0.4, 0.5) is 11.6 Å². The van der Waals surface area contributed by atoms with Crippen LogP contribution in [-0.2, 0) is 66.3 Å². The van der Waals surface area contributed by atoms with Crippen LogP contribution in [0, 0.1) is 22.7 Å². The smallest absolute Gasteiger partial charge is 0.393 e. The molecule has 402 valence electrons. The second-order valence-electron chi connectivity index (χ2n) is 20.1. The monoisotopic (exact) mass is 1100 g/mol. The molecule has 10 rings (SSSR count). The maximum absolute atomic E-state index is 15.1. The van der Waals surface area contributed by atoms with Crippen LogP contribution in [0.3, 0.4) is 0 Å². The van der Waals surface area contributed by atoms with E-state index in [0.717, 1.165) is 25.7 Å². The number of nitrogen functional groups attached to an aromatic ring is 2. The fraction of sp³-hybridized carbons (Fsp3) is 0.500. The molecule has 0 aliphatic carbocycles. The third kappa shape index (κ3) is 10.1. The van der Waals surface area contributed by atoms with Gasteiger partial charge in [-0.05, 0) is 81.6 Å². The number of unbranched alkanes of at least 4 members (excludes halogenated alkanes) is 5. The number of nitrogens with zero attached hydrogens (tertiary/aromatic N) is 8. The summed E-state index contributed by atoms with van der Waals surface area (Å²) in [5.74, 6) is -1.80. The topological polar surface area (TPSA) is 269 Å². The first-order valence-electron chi connectivity index (χ1n) is 25.3. The standard InChI is InChI=1S/C52H59Cl2N10O11P/c1-6-7-8-9-10-11-22-66-23-24-67-76(65,74-35-16-12-14-31(41(35)53)25-37-43-45(72-49(2,3)70-43)51(27-55,68-37)39-20-18-33-47(57)59-29-61-63(33)39)75-36-17-13-15-32(42(36)54)26-38-44-46(73-50(4,5)71-44)52(28-56,69-38)40-21-19-34-48(58)60-30-62-64(34)40/h12-21,29-30,37-38,43-46H,6-11,22-26H2,1-5H3,(H2,57,59,61)(H2,58,60,62)/t37-,38-,43-,44-,45-,46-,51+,52+/m1/s1. The highest BCUT2D eigenvalue weighted by Gasteiger charge is 2.66. The van der Waals surface area contributed by atoms with Crippen molar-refractivity contribution in [2.75, 3.05) is 31.3 Å². The van der Waals surface area contributed by atoms with Gasteiger partial charge in [-0.25, -0.2) is 23.6 Å². The summed E-state index contributed by atoms with van der Waals surface area (Å²) in [5, 5.41) is 30.8. The lowest BCUT2D eigenvalue weighted by atomic mass is 9.91. The molecule has 2 aromatic carbocycles. The summed E-state index contributed by atoms with van der Waals surface area (Å²) in [4.78, 5) is 8.18. The fourth-order valence-corrected chi connectivity index (χ4v) is 12.4. The van der Waals surface area contributed by atoms with Crippen LogP contribution in [0.1, 0.15) is 95.7 Å². The first kappa shape index (κ1) is 53.7. The molecule has 4 aliphatic heterocycles. The van der Waals surface area contributed by atoms with Gasteiger partial charge in [0.15, 0.2) is 34.7 Å². The molecule has 4 aliphatic rings. The second-order valence-corrected chi connectivity index (χ2v) is 22.4. The molecule has 8 heterocycles. The van der Waals surface area contributed by atoms with Crippen LogP contribution in [0.5, 0.6) is 11.5 Å². The van der Waals surface area contributed by atoms with Crippen LogP contribution < -0.4 is 20.5 Å². The Morgan fingerprint density at radius 3 is 1.59 bits per heavy atom. The number of fused-ring (bicyclic) bond motifs is 4. The van der Waals surface area contributed by atoms with Crippen molar-refractivity contribution in [2.45, 2.75) is 145 Å². The molecule has 4 aromatic heterocycles. The number of anilines is 2. The number of aromatic nitrogens is 6. The molecule has 0 radical (unpaired) electrons. The Bertz CT molecular complexity index is 3060. The molecule has 4 N–H and O–H groups in total. The van der Waals surface area contributed by atoms with Crippen molar-refractivity contribution in [2.24, 2.45) is 0 Å². The maximum Gasteiger partial charge on any atom is 0.587 e. The average molecular weight is 1100 g/mol. The normalized spacial score (nSPS) is 26.4. The van der Waals surface area contributed by atoms with Crippen molar-refractivity contribution in [3.05, 3.63) is 106 Å². The molecule has 24 heteroatoms. The molecule has 0 saturated carbocycles. The fourth-order valence-electron chi connectivity index (χ4n) is 10.6. The van der Waals surface area contributed by atoms with Gasteiger partial charge in [0.1, 0.15) is 60.2 Å². The van der Waals surface area contributed by atoms with Crippen molar-refractivity contribution in [3.63, 3.8) is 0 Å². The number of hydrogen-bond acceptors (Lipinski definition) is 19. The van der Waals surface area contributed by atoms with Crippen LogP contribution in [0.25, 0.3) is 11.0 Å². The van der Waals surface area contributed by atoms with E-state index in [4.69, 9.17) is 81.4 Å². The molecule has 4 fully saturated rings. The van der Waals surface area contributed by atoms with Gasteiger partial charge in [-0.15, -0.1) is 0 Å². The van der Waals surface area contributed by atoms with E-state index >= 15 is 4.57 Å². The van der Waals surface area contributed by atoms with Crippen LogP contribution in [0.2, 0.25) is 10.0 Å². The van der Waals surface area contributed by atoms with Crippen LogP contribution in [0.15, 0.2) is 73.3 Å².